The van der Waals surface area contributed by atoms with Crippen LogP contribution in [-0.2, 0) is 11.4 Å². The smallest absolute Gasteiger partial charge is 0.365 e. The average Bonchev–Trinajstić information content (AvgIpc) is 3.24. The standard InChI is InChI=1S/C18H12N4O6/c1-10-20-15(27-21-10)9-26-14-7-6-11(8-19-14)18(25)28-22-16(23)12-4-2-3-5-13(12)17(22)24/h2-8H,9H2,1H3. The molecule has 10 nitrogen and oxygen atoms in total. The number of imide groups is 1. The van der Waals surface area contributed by atoms with E-state index in [9.17, 15) is 14.4 Å². The highest BCUT2D eigenvalue weighted by Crippen LogP contribution is 2.23. The van der Waals surface area contributed by atoms with E-state index in [1.165, 1.54) is 30.5 Å². The molecule has 0 saturated heterocycles. The molecule has 28 heavy (non-hydrogen) atoms. The van der Waals surface area contributed by atoms with Crippen LogP contribution in [0.3, 0.4) is 0 Å². The van der Waals surface area contributed by atoms with E-state index in [1.807, 2.05) is 0 Å². The average molecular weight is 380 g/mol. The molecule has 0 atom stereocenters. The van der Waals surface area contributed by atoms with Crippen molar-refractivity contribution in [1.29, 1.82) is 0 Å². The van der Waals surface area contributed by atoms with E-state index in [4.69, 9.17) is 14.1 Å². The van der Waals surface area contributed by atoms with Crippen molar-refractivity contribution in [3.8, 4) is 5.88 Å². The minimum absolute atomic E-state index is 0.0205. The second-order valence-electron chi connectivity index (χ2n) is 5.74. The lowest BCUT2D eigenvalue weighted by Crippen LogP contribution is -2.32. The van der Waals surface area contributed by atoms with Crippen molar-refractivity contribution in [3.63, 3.8) is 0 Å². The number of hydrogen-bond acceptors (Lipinski definition) is 9. The van der Waals surface area contributed by atoms with Crippen molar-refractivity contribution in [3.05, 3.63) is 71.0 Å². The number of benzene rings is 1. The largest absolute Gasteiger partial charge is 0.468 e. The Hall–Kier alpha value is -4.08. The Bertz CT molecular complexity index is 1040. The number of rotatable bonds is 5. The van der Waals surface area contributed by atoms with Crippen LogP contribution in [0, 0.1) is 6.92 Å². The summed E-state index contributed by atoms with van der Waals surface area (Å²) in [4.78, 5) is 49.6. The summed E-state index contributed by atoms with van der Waals surface area (Å²) in [7, 11) is 0. The predicted molar refractivity (Wildman–Crippen MR) is 90.0 cm³/mol. The summed E-state index contributed by atoms with van der Waals surface area (Å²) in [6.07, 6.45) is 1.20. The van der Waals surface area contributed by atoms with E-state index in [-0.39, 0.29) is 35.1 Å². The lowest BCUT2D eigenvalue weighted by atomic mass is 10.1. The zero-order valence-corrected chi connectivity index (χ0v) is 14.5. The Morgan fingerprint density at radius 3 is 2.39 bits per heavy atom. The van der Waals surface area contributed by atoms with Gasteiger partial charge in [0.15, 0.2) is 12.4 Å². The van der Waals surface area contributed by atoms with Gasteiger partial charge in [-0.25, -0.2) is 9.78 Å². The van der Waals surface area contributed by atoms with Gasteiger partial charge in [0.25, 0.3) is 17.7 Å². The van der Waals surface area contributed by atoms with E-state index in [1.54, 1.807) is 19.1 Å². The number of fused-ring (bicyclic) bond motifs is 1. The number of aromatic nitrogens is 3. The summed E-state index contributed by atoms with van der Waals surface area (Å²) in [6, 6.07) is 9.04. The fourth-order valence-electron chi connectivity index (χ4n) is 2.51. The molecule has 3 heterocycles. The van der Waals surface area contributed by atoms with Crippen molar-refractivity contribution in [2.45, 2.75) is 13.5 Å². The van der Waals surface area contributed by atoms with Crippen LogP contribution in [0.1, 0.15) is 42.8 Å². The molecule has 0 aliphatic carbocycles. The van der Waals surface area contributed by atoms with E-state index in [0.29, 0.717) is 10.9 Å². The Kier molecular flexibility index (Phi) is 4.28. The summed E-state index contributed by atoms with van der Waals surface area (Å²) in [5, 5.41) is 4.07. The Labute approximate surface area is 157 Å². The van der Waals surface area contributed by atoms with Gasteiger partial charge in [-0.15, -0.1) is 0 Å². The summed E-state index contributed by atoms with van der Waals surface area (Å²) in [6.45, 7) is 1.70. The van der Waals surface area contributed by atoms with E-state index in [2.05, 4.69) is 15.1 Å². The van der Waals surface area contributed by atoms with Gasteiger partial charge in [-0.2, -0.15) is 4.98 Å². The number of amides is 2. The molecule has 0 saturated carbocycles. The van der Waals surface area contributed by atoms with Gasteiger partial charge in [0, 0.05) is 12.3 Å². The highest BCUT2D eigenvalue weighted by atomic mass is 16.7. The topological polar surface area (TPSA) is 125 Å². The lowest BCUT2D eigenvalue weighted by molar-refractivity contribution is -0.0584. The van der Waals surface area contributed by atoms with Gasteiger partial charge in [0.2, 0.25) is 5.88 Å². The van der Waals surface area contributed by atoms with Crippen molar-refractivity contribution in [2.75, 3.05) is 0 Å². The fourth-order valence-corrected chi connectivity index (χ4v) is 2.51. The Morgan fingerprint density at radius 1 is 1.11 bits per heavy atom. The van der Waals surface area contributed by atoms with E-state index in [0.717, 1.165) is 0 Å². The first-order valence-electron chi connectivity index (χ1n) is 8.11. The molecule has 0 N–H and O–H groups in total. The third kappa shape index (κ3) is 3.18. The van der Waals surface area contributed by atoms with Gasteiger partial charge in [-0.1, -0.05) is 22.4 Å². The summed E-state index contributed by atoms with van der Waals surface area (Å²) >= 11 is 0. The second-order valence-corrected chi connectivity index (χ2v) is 5.74. The molecule has 2 aromatic heterocycles. The van der Waals surface area contributed by atoms with E-state index >= 15 is 0 Å². The molecular formula is C18H12N4O6. The van der Waals surface area contributed by atoms with Crippen molar-refractivity contribution >= 4 is 17.8 Å². The maximum Gasteiger partial charge on any atom is 0.365 e. The van der Waals surface area contributed by atoms with Gasteiger partial charge >= 0.3 is 5.97 Å². The number of hydroxylamine groups is 2. The molecule has 2 amide bonds. The molecule has 0 bridgehead atoms. The quantitative estimate of drug-likeness (QED) is 0.608. The fraction of sp³-hybridized carbons (Fsp3) is 0.111. The molecule has 0 unspecified atom stereocenters. The number of pyridine rings is 1. The minimum Gasteiger partial charge on any atom is -0.468 e. The number of aryl methyl sites for hydroxylation is 1. The molecule has 0 fully saturated rings. The number of carbonyl (C=O) groups excluding carboxylic acids is 3. The van der Waals surface area contributed by atoms with Gasteiger partial charge in [-0.05, 0) is 25.1 Å². The molecular weight excluding hydrogens is 368 g/mol. The van der Waals surface area contributed by atoms with Crippen LogP contribution >= 0.6 is 0 Å². The number of ether oxygens (including phenoxy) is 1. The molecule has 140 valence electrons. The minimum atomic E-state index is -0.902. The first kappa shape index (κ1) is 17.3. The first-order valence-corrected chi connectivity index (χ1v) is 8.11. The number of carbonyl (C=O) groups is 3. The van der Waals surface area contributed by atoms with Crippen LogP contribution in [0.15, 0.2) is 47.1 Å². The van der Waals surface area contributed by atoms with Crippen molar-refractivity contribution in [2.24, 2.45) is 0 Å². The summed E-state index contributed by atoms with van der Waals surface area (Å²) in [5.41, 5.74) is 0.398. The third-order valence-electron chi connectivity index (χ3n) is 3.82. The number of hydrogen-bond donors (Lipinski definition) is 0. The maximum absolute atomic E-state index is 12.3. The monoisotopic (exact) mass is 380 g/mol. The first-order chi connectivity index (χ1) is 13.5. The van der Waals surface area contributed by atoms with Crippen LogP contribution in [-0.4, -0.2) is 38.0 Å². The molecule has 4 rings (SSSR count). The molecule has 0 spiro atoms. The van der Waals surface area contributed by atoms with Crippen molar-refractivity contribution in [1.82, 2.24) is 20.2 Å². The molecule has 1 aliphatic rings. The zero-order chi connectivity index (χ0) is 19.7. The molecule has 1 aromatic carbocycles. The highest BCUT2D eigenvalue weighted by molar-refractivity contribution is 6.21. The second kappa shape index (κ2) is 6.91. The normalized spacial score (nSPS) is 12.8. The van der Waals surface area contributed by atoms with Gasteiger partial charge < -0.3 is 14.1 Å². The van der Waals surface area contributed by atoms with Crippen LogP contribution in [0.5, 0.6) is 5.88 Å². The zero-order valence-electron chi connectivity index (χ0n) is 14.5. The van der Waals surface area contributed by atoms with Gasteiger partial charge in [-0.3, -0.25) is 9.59 Å². The van der Waals surface area contributed by atoms with Gasteiger partial charge in [0.05, 0.1) is 16.7 Å². The molecule has 10 heteroatoms. The van der Waals surface area contributed by atoms with Crippen LogP contribution in [0.4, 0.5) is 0 Å². The Balaban J connectivity index is 1.40. The summed E-state index contributed by atoms with van der Waals surface area (Å²) in [5.74, 6) is -1.31. The molecule has 1 aliphatic heterocycles. The number of nitrogens with zero attached hydrogens (tertiary/aromatic N) is 4. The van der Waals surface area contributed by atoms with Crippen LogP contribution < -0.4 is 4.74 Å². The SMILES string of the molecule is Cc1noc(COc2ccc(C(=O)ON3C(=O)c4ccccc4C3=O)cn2)n1. The van der Waals surface area contributed by atoms with Crippen LogP contribution in [0.2, 0.25) is 0 Å². The van der Waals surface area contributed by atoms with Crippen LogP contribution in [0.25, 0.3) is 0 Å². The lowest BCUT2D eigenvalue weighted by Gasteiger charge is -2.12. The molecule has 3 aromatic rings. The third-order valence-corrected chi connectivity index (χ3v) is 3.82. The Morgan fingerprint density at radius 2 is 1.82 bits per heavy atom. The molecule has 0 radical (unpaired) electrons. The summed E-state index contributed by atoms with van der Waals surface area (Å²) < 4.78 is 10.3. The van der Waals surface area contributed by atoms with Crippen molar-refractivity contribution < 1.29 is 28.5 Å². The predicted octanol–water partition coefficient (Wildman–Crippen LogP) is 1.72. The van der Waals surface area contributed by atoms with E-state index < -0.39 is 17.8 Å². The maximum atomic E-state index is 12.3. The highest BCUT2D eigenvalue weighted by Gasteiger charge is 2.38. The van der Waals surface area contributed by atoms with Gasteiger partial charge in [0.1, 0.15) is 0 Å².